The molecule has 1 aromatic rings. The van der Waals surface area contributed by atoms with Crippen molar-refractivity contribution >= 4 is 0 Å². The Labute approximate surface area is 91.9 Å². The van der Waals surface area contributed by atoms with Crippen molar-refractivity contribution in [1.29, 1.82) is 0 Å². The third kappa shape index (κ3) is 4.45. The summed E-state index contributed by atoms with van der Waals surface area (Å²) < 4.78 is 5.52. The molecule has 1 N–H and O–H groups in total. The first-order valence-corrected chi connectivity index (χ1v) is 5.58. The second-order valence-corrected chi connectivity index (χ2v) is 3.80. The predicted octanol–water partition coefficient (Wildman–Crippen LogP) is 2.93. The summed E-state index contributed by atoms with van der Waals surface area (Å²) in [6.07, 6.45) is 1.55. The van der Waals surface area contributed by atoms with Crippen LogP contribution in [-0.2, 0) is 4.74 Å². The van der Waals surface area contributed by atoms with Crippen molar-refractivity contribution < 1.29 is 9.84 Å². The molecule has 0 heterocycles. The van der Waals surface area contributed by atoms with Crippen LogP contribution < -0.4 is 0 Å². The van der Waals surface area contributed by atoms with Crippen molar-refractivity contribution in [3.63, 3.8) is 0 Å². The van der Waals surface area contributed by atoms with Crippen molar-refractivity contribution in [3.05, 3.63) is 35.9 Å². The van der Waals surface area contributed by atoms with Gasteiger partial charge in [-0.05, 0) is 18.9 Å². The average Bonchev–Trinajstić information content (AvgIpc) is 2.29. The van der Waals surface area contributed by atoms with E-state index in [1.807, 2.05) is 30.3 Å². The molecule has 1 aromatic carbocycles. The first-order chi connectivity index (χ1) is 7.24. The van der Waals surface area contributed by atoms with Crippen LogP contribution in [0.1, 0.15) is 38.4 Å². The van der Waals surface area contributed by atoms with E-state index in [-0.39, 0.29) is 6.10 Å². The first-order valence-electron chi connectivity index (χ1n) is 5.58. The summed E-state index contributed by atoms with van der Waals surface area (Å²) in [4.78, 5) is 0. The molecule has 2 nitrogen and oxygen atoms in total. The maximum atomic E-state index is 9.83. The minimum Gasteiger partial charge on any atom is -0.388 e. The third-order valence-electron chi connectivity index (χ3n) is 2.55. The Morgan fingerprint density at radius 3 is 2.53 bits per heavy atom. The van der Waals surface area contributed by atoms with Gasteiger partial charge in [-0.2, -0.15) is 0 Å². The number of aliphatic hydroxyl groups is 1. The molecule has 0 aromatic heterocycles. The number of hydrogen-bond acceptors (Lipinski definition) is 2. The van der Waals surface area contributed by atoms with Gasteiger partial charge in [0.15, 0.2) is 0 Å². The Morgan fingerprint density at radius 1 is 1.27 bits per heavy atom. The fourth-order valence-electron chi connectivity index (χ4n) is 1.34. The zero-order valence-corrected chi connectivity index (χ0v) is 9.52. The summed E-state index contributed by atoms with van der Waals surface area (Å²) in [6, 6.07) is 9.70. The number of hydrogen-bond donors (Lipinski definition) is 1. The van der Waals surface area contributed by atoms with Crippen molar-refractivity contribution in [1.82, 2.24) is 0 Å². The van der Waals surface area contributed by atoms with Gasteiger partial charge in [-0.3, -0.25) is 0 Å². The lowest BCUT2D eigenvalue weighted by atomic mass is 10.1. The number of aliphatic hydroxyl groups excluding tert-OH is 1. The van der Waals surface area contributed by atoms with Gasteiger partial charge in [0.05, 0.1) is 12.2 Å². The van der Waals surface area contributed by atoms with Gasteiger partial charge >= 0.3 is 0 Å². The Morgan fingerprint density at radius 2 is 1.93 bits per heavy atom. The molecule has 2 atom stereocenters. The van der Waals surface area contributed by atoms with E-state index in [0.29, 0.717) is 13.0 Å². The molecule has 0 aliphatic rings. The van der Waals surface area contributed by atoms with E-state index in [1.165, 1.54) is 0 Å². The summed E-state index contributed by atoms with van der Waals surface area (Å²) in [5, 5.41) is 9.83. The third-order valence-corrected chi connectivity index (χ3v) is 2.55. The lowest BCUT2D eigenvalue weighted by Crippen LogP contribution is -2.10. The molecular formula is C13H20O2. The summed E-state index contributed by atoms with van der Waals surface area (Å²) in [5.41, 5.74) is 0.963. The van der Waals surface area contributed by atoms with E-state index in [4.69, 9.17) is 4.74 Å². The Bertz CT molecular complexity index is 258. The zero-order valence-electron chi connectivity index (χ0n) is 9.52. The number of benzene rings is 1. The minimum absolute atomic E-state index is 0.285. The van der Waals surface area contributed by atoms with Gasteiger partial charge in [-0.15, -0.1) is 0 Å². The van der Waals surface area contributed by atoms with Crippen LogP contribution in [-0.4, -0.2) is 17.8 Å². The van der Waals surface area contributed by atoms with Gasteiger partial charge in [0, 0.05) is 13.0 Å². The molecule has 15 heavy (non-hydrogen) atoms. The Kier molecular flexibility index (Phi) is 5.37. The fraction of sp³-hybridized carbons (Fsp3) is 0.538. The topological polar surface area (TPSA) is 29.5 Å². The molecule has 0 radical (unpaired) electrons. The lowest BCUT2D eigenvalue weighted by Gasteiger charge is -2.14. The Hall–Kier alpha value is -0.860. The lowest BCUT2D eigenvalue weighted by molar-refractivity contribution is 0.0357. The van der Waals surface area contributed by atoms with Crippen LogP contribution >= 0.6 is 0 Å². The molecule has 0 aliphatic carbocycles. The standard InChI is InChI=1S/C13H20O2/c1-3-11(2)15-10-9-13(14)12-7-5-4-6-8-12/h4-8,11,13-14H,3,9-10H2,1-2H3. The van der Waals surface area contributed by atoms with Crippen molar-refractivity contribution in [2.45, 2.75) is 38.9 Å². The highest BCUT2D eigenvalue weighted by Gasteiger charge is 2.07. The highest BCUT2D eigenvalue weighted by atomic mass is 16.5. The molecular weight excluding hydrogens is 188 g/mol. The van der Waals surface area contributed by atoms with E-state index in [0.717, 1.165) is 12.0 Å². The molecule has 0 aliphatic heterocycles. The van der Waals surface area contributed by atoms with Gasteiger partial charge in [-0.1, -0.05) is 37.3 Å². The quantitative estimate of drug-likeness (QED) is 0.779. The van der Waals surface area contributed by atoms with Crippen molar-refractivity contribution in [3.8, 4) is 0 Å². The van der Waals surface area contributed by atoms with Crippen LogP contribution in [0.3, 0.4) is 0 Å². The van der Waals surface area contributed by atoms with Crippen molar-refractivity contribution in [2.24, 2.45) is 0 Å². The minimum atomic E-state index is -0.407. The molecule has 0 fully saturated rings. The van der Waals surface area contributed by atoms with Crippen LogP contribution in [0, 0.1) is 0 Å². The monoisotopic (exact) mass is 208 g/mol. The molecule has 0 spiro atoms. The molecule has 2 unspecified atom stereocenters. The molecule has 1 rings (SSSR count). The van der Waals surface area contributed by atoms with Crippen LogP contribution in [0.2, 0.25) is 0 Å². The normalized spacial score (nSPS) is 14.9. The Balaban J connectivity index is 2.28. The SMILES string of the molecule is CCC(C)OCCC(O)c1ccccc1. The van der Waals surface area contributed by atoms with E-state index in [2.05, 4.69) is 13.8 Å². The van der Waals surface area contributed by atoms with E-state index >= 15 is 0 Å². The van der Waals surface area contributed by atoms with E-state index in [1.54, 1.807) is 0 Å². The van der Waals surface area contributed by atoms with E-state index in [9.17, 15) is 5.11 Å². The van der Waals surface area contributed by atoms with Gasteiger partial charge in [0.25, 0.3) is 0 Å². The molecule has 0 saturated heterocycles. The smallest absolute Gasteiger partial charge is 0.0812 e. The first kappa shape index (κ1) is 12.2. The average molecular weight is 208 g/mol. The molecule has 0 bridgehead atoms. The molecule has 0 amide bonds. The van der Waals surface area contributed by atoms with Crippen molar-refractivity contribution in [2.75, 3.05) is 6.61 Å². The number of ether oxygens (including phenoxy) is 1. The van der Waals surface area contributed by atoms with Gasteiger partial charge in [0.2, 0.25) is 0 Å². The second-order valence-electron chi connectivity index (χ2n) is 3.80. The van der Waals surface area contributed by atoms with Gasteiger partial charge in [0.1, 0.15) is 0 Å². The van der Waals surface area contributed by atoms with Gasteiger partial charge in [-0.25, -0.2) is 0 Å². The van der Waals surface area contributed by atoms with E-state index < -0.39 is 6.10 Å². The molecule has 0 saturated carbocycles. The summed E-state index contributed by atoms with van der Waals surface area (Å²) >= 11 is 0. The summed E-state index contributed by atoms with van der Waals surface area (Å²) in [7, 11) is 0. The maximum absolute atomic E-state index is 9.83. The van der Waals surface area contributed by atoms with Crippen LogP contribution in [0.25, 0.3) is 0 Å². The maximum Gasteiger partial charge on any atom is 0.0812 e. The molecule has 2 heteroatoms. The zero-order chi connectivity index (χ0) is 11.1. The fourth-order valence-corrected chi connectivity index (χ4v) is 1.34. The van der Waals surface area contributed by atoms with Crippen LogP contribution in [0.4, 0.5) is 0 Å². The number of rotatable bonds is 6. The predicted molar refractivity (Wildman–Crippen MR) is 61.7 cm³/mol. The summed E-state index contributed by atoms with van der Waals surface area (Å²) in [6.45, 7) is 4.76. The van der Waals surface area contributed by atoms with Crippen LogP contribution in [0.15, 0.2) is 30.3 Å². The largest absolute Gasteiger partial charge is 0.388 e. The van der Waals surface area contributed by atoms with Gasteiger partial charge < -0.3 is 9.84 Å². The molecule has 84 valence electrons. The highest BCUT2D eigenvalue weighted by molar-refractivity contribution is 5.16. The highest BCUT2D eigenvalue weighted by Crippen LogP contribution is 2.16. The second kappa shape index (κ2) is 6.59. The van der Waals surface area contributed by atoms with Crippen LogP contribution in [0.5, 0.6) is 0 Å². The summed E-state index contributed by atoms with van der Waals surface area (Å²) in [5.74, 6) is 0.